The molecule has 2 rings (SSSR count). The van der Waals surface area contributed by atoms with E-state index in [1.165, 1.54) is 12.4 Å². The molecule has 1 unspecified atom stereocenters. The van der Waals surface area contributed by atoms with E-state index in [0.29, 0.717) is 23.7 Å². The fourth-order valence-electron chi connectivity index (χ4n) is 2.37. The van der Waals surface area contributed by atoms with E-state index < -0.39 is 10.2 Å². The van der Waals surface area contributed by atoms with Crippen molar-refractivity contribution >= 4 is 27.7 Å². The van der Waals surface area contributed by atoms with Gasteiger partial charge in [0.25, 0.3) is 16.1 Å². The van der Waals surface area contributed by atoms with Crippen LogP contribution in [0, 0.1) is 5.92 Å². The number of nitrogens with two attached hydrogens (primary N) is 1. The molecule has 0 aliphatic carbocycles. The third-order valence-electron chi connectivity index (χ3n) is 3.38. The van der Waals surface area contributed by atoms with Crippen LogP contribution in [0.3, 0.4) is 0 Å². The molecule has 1 aliphatic rings. The van der Waals surface area contributed by atoms with Gasteiger partial charge in [0.1, 0.15) is 0 Å². The van der Waals surface area contributed by atoms with Crippen molar-refractivity contribution in [2.24, 2.45) is 11.1 Å². The van der Waals surface area contributed by atoms with Gasteiger partial charge in [-0.25, -0.2) is 9.86 Å². The topological polar surface area (TPSA) is 105 Å². The Morgan fingerprint density at radius 3 is 3.00 bits per heavy atom. The first kappa shape index (κ1) is 16.2. The van der Waals surface area contributed by atoms with Gasteiger partial charge in [0, 0.05) is 32.0 Å². The average molecular weight is 333 g/mol. The minimum Gasteiger partial charge on any atom is -0.338 e. The van der Waals surface area contributed by atoms with Gasteiger partial charge in [0.05, 0.1) is 10.6 Å². The summed E-state index contributed by atoms with van der Waals surface area (Å²) in [5, 5.41) is 5.23. The molecule has 0 bridgehead atoms. The zero-order valence-electron chi connectivity index (χ0n) is 11.3. The summed E-state index contributed by atoms with van der Waals surface area (Å²) < 4.78 is 24.1. The van der Waals surface area contributed by atoms with Crippen molar-refractivity contribution in [1.82, 2.24) is 14.6 Å². The van der Waals surface area contributed by atoms with E-state index >= 15 is 0 Å². The monoisotopic (exact) mass is 332 g/mol. The van der Waals surface area contributed by atoms with E-state index in [2.05, 4.69) is 9.71 Å². The van der Waals surface area contributed by atoms with Gasteiger partial charge in [-0.3, -0.25) is 9.78 Å². The van der Waals surface area contributed by atoms with Gasteiger partial charge < -0.3 is 4.90 Å². The van der Waals surface area contributed by atoms with Crippen LogP contribution >= 0.6 is 11.6 Å². The van der Waals surface area contributed by atoms with Crippen molar-refractivity contribution in [1.29, 1.82) is 0 Å². The molecular weight excluding hydrogens is 316 g/mol. The van der Waals surface area contributed by atoms with Gasteiger partial charge in [-0.15, -0.1) is 0 Å². The van der Waals surface area contributed by atoms with Gasteiger partial charge in [0.15, 0.2) is 0 Å². The van der Waals surface area contributed by atoms with E-state index in [1.807, 2.05) is 0 Å². The summed E-state index contributed by atoms with van der Waals surface area (Å²) in [6.07, 6.45) is 4.60. The Labute approximate surface area is 128 Å². The molecule has 0 aromatic carbocycles. The number of hydrogen-bond acceptors (Lipinski definition) is 4. The third kappa shape index (κ3) is 4.63. The zero-order chi connectivity index (χ0) is 15.5. The van der Waals surface area contributed by atoms with Crippen LogP contribution in [0.1, 0.15) is 23.2 Å². The summed E-state index contributed by atoms with van der Waals surface area (Å²) in [6.45, 7) is 1.33. The fraction of sp³-hybridized carbons (Fsp3) is 0.500. The maximum Gasteiger partial charge on any atom is 0.274 e. The highest BCUT2D eigenvalue weighted by Crippen LogP contribution is 2.21. The number of nitrogens with one attached hydrogen (secondary N) is 1. The first-order chi connectivity index (χ1) is 9.87. The lowest BCUT2D eigenvalue weighted by molar-refractivity contribution is 0.0676. The van der Waals surface area contributed by atoms with Crippen LogP contribution in [-0.4, -0.2) is 43.8 Å². The Morgan fingerprint density at radius 1 is 1.57 bits per heavy atom. The van der Waals surface area contributed by atoms with Crippen LogP contribution in [0.4, 0.5) is 0 Å². The lowest BCUT2D eigenvalue weighted by Gasteiger charge is -2.32. The van der Waals surface area contributed by atoms with E-state index in [9.17, 15) is 13.2 Å². The first-order valence-corrected chi connectivity index (χ1v) is 8.45. The quantitative estimate of drug-likeness (QED) is 0.831. The van der Waals surface area contributed by atoms with Gasteiger partial charge >= 0.3 is 0 Å². The maximum atomic E-state index is 12.4. The van der Waals surface area contributed by atoms with Crippen molar-refractivity contribution in [3.8, 4) is 0 Å². The minimum atomic E-state index is -3.70. The molecule has 1 fully saturated rings. The lowest BCUT2D eigenvalue weighted by Crippen LogP contribution is -2.44. The second-order valence-corrected chi connectivity index (χ2v) is 6.79. The molecule has 1 aromatic heterocycles. The standard InChI is InChI=1S/C12H17ClN4O3S/c13-11-7-15-4-3-10(11)12(18)17-5-1-2-9(8-17)6-16-21(14,19)20/h3-4,7,9,16H,1-2,5-6,8H2,(H2,14,19,20). The molecule has 1 amide bonds. The van der Waals surface area contributed by atoms with Gasteiger partial charge in [0.2, 0.25) is 0 Å². The average Bonchev–Trinajstić information content (AvgIpc) is 2.44. The number of piperidine rings is 1. The van der Waals surface area contributed by atoms with Crippen LogP contribution < -0.4 is 9.86 Å². The number of carbonyl (C=O) groups is 1. The van der Waals surface area contributed by atoms with Crippen LogP contribution in [0.15, 0.2) is 18.5 Å². The summed E-state index contributed by atoms with van der Waals surface area (Å²) >= 11 is 5.98. The molecule has 1 aromatic rings. The highest BCUT2D eigenvalue weighted by atomic mass is 35.5. The van der Waals surface area contributed by atoms with Gasteiger partial charge in [-0.05, 0) is 24.8 Å². The van der Waals surface area contributed by atoms with E-state index in [4.69, 9.17) is 16.7 Å². The molecular formula is C12H17ClN4O3S. The molecule has 9 heteroatoms. The molecule has 7 nitrogen and oxygen atoms in total. The molecule has 0 saturated carbocycles. The normalized spacial score (nSPS) is 19.5. The lowest BCUT2D eigenvalue weighted by atomic mass is 9.98. The van der Waals surface area contributed by atoms with Crippen molar-refractivity contribution in [3.63, 3.8) is 0 Å². The predicted molar refractivity (Wildman–Crippen MR) is 79.0 cm³/mol. The number of aromatic nitrogens is 1. The Bertz CT molecular complexity index is 623. The number of hydrogen-bond donors (Lipinski definition) is 2. The molecule has 1 aliphatic heterocycles. The van der Waals surface area contributed by atoms with Crippen LogP contribution in [0.5, 0.6) is 0 Å². The second kappa shape index (κ2) is 6.69. The smallest absolute Gasteiger partial charge is 0.274 e. The molecule has 21 heavy (non-hydrogen) atoms. The number of rotatable bonds is 4. The van der Waals surface area contributed by atoms with Crippen molar-refractivity contribution < 1.29 is 13.2 Å². The first-order valence-electron chi connectivity index (χ1n) is 6.53. The molecule has 1 atom stereocenters. The second-order valence-electron chi connectivity index (χ2n) is 5.01. The van der Waals surface area contributed by atoms with Crippen LogP contribution in [0.25, 0.3) is 0 Å². The maximum absolute atomic E-state index is 12.4. The zero-order valence-corrected chi connectivity index (χ0v) is 12.9. The summed E-state index contributed by atoms with van der Waals surface area (Å²) in [4.78, 5) is 17.9. The number of pyridine rings is 1. The SMILES string of the molecule is NS(=O)(=O)NCC1CCCN(C(=O)c2ccncc2Cl)C1. The highest BCUT2D eigenvalue weighted by molar-refractivity contribution is 7.87. The number of nitrogens with zero attached hydrogens (tertiary/aromatic N) is 2. The molecule has 116 valence electrons. The van der Waals surface area contributed by atoms with E-state index in [0.717, 1.165) is 12.8 Å². The molecule has 0 radical (unpaired) electrons. The van der Waals surface area contributed by atoms with E-state index in [-0.39, 0.29) is 18.4 Å². The third-order valence-corrected chi connectivity index (χ3v) is 4.25. The minimum absolute atomic E-state index is 0.0432. The predicted octanol–water partition coefficient (Wildman–Crippen LogP) is 0.380. The molecule has 3 N–H and O–H groups in total. The summed E-state index contributed by atoms with van der Waals surface area (Å²) in [6, 6.07) is 1.58. The van der Waals surface area contributed by atoms with Crippen LogP contribution in [-0.2, 0) is 10.2 Å². The Hall–Kier alpha value is -1.22. The molecule has 0 spiro atoms. The molecule has 2 heterocycles. The Morgan fingerprint density at radius 2 is 2.33 bits per heavy atom. The van der Waals surface area contributed by atoms with Crippen LogP contribution in [0.2, 0.25) is 5.02 Å². The molecule has 1 saturated heterocycles. The number of carbonyl (C=O) groups excluding carboxylic acids is 1. The Kier molecular flexibility index (Phi) is 5.15. The van der Waals surface area contributed by atoms with Crippen molar-refractivity contribution in [2.75, 3.05) is 19.6 Å². The van der Waals surface area contributed by atoms with Gasteiger partial charge in [-0.2, -0.15) is 8.42 Å². The highest BCUT2D eigenvalue weighted by Gasteiger charge is 2.26. The summed E-state index contributed by atoms with van der Waals surface area (Å²) in [5.74, 6) is -0.121. The summed E-state index contributed by atoms with van der Waals surface area (Å²) in [5.41, 5.74) is 0.409. The van der Waals surface area contributed by atoms with Crippen molar-refractivity contribution in [3.05, 3.63) is 29.0 Å². The van der Waals surface area contributed by atoms with Gasteiger partial charge in [-0.1, -0.05) is 11.6 Å². The van der Waals surface area contributed by atoms with Crippen molar-refractivity contribution in [2.45, 2.75) is 12.8 Å². The largest absolute Gasteiger partial charge is 0.338 e. The Balaban J connectivity index is 2.01. The van der Waals surface area contributed by atoms with E-state index in [1.54, 1.807) is 11.0 Å². The number of amides is 1. The summed E-state index contributed by atoms with van der Waals surface area (Å²) in [7, 11) is -3.70. The fourth-order valence-corrected chi connectivity index (χ4v) is 3.04. The number of likely N-dealkylation sites (tertiary alicyclic amines) is 1. The number of halogens is 1.